The number of pyridine rings is 1. The molecule has 1 aliphatic heterocycles. The van der Waals surface area contributed by atoms with E-state index in [-0.39, 0.29) is 6.10 Å². The second kappa shape index (κ2) is 6.44. The van der Waals surface area contributed by atoms with Crippen molar-refractivity contribution in [3.8, 4) is 23.1 Å². The van der Waals surface area contributed by atoms with E-state index in [1.165, 1.54) is 5.56 Å². The quantitative estimate of drug-likeness (QED) is 0.556. The summed E-state index contributed by atoms with van der Waals surface area (Å²) in [7, 11) is 0. The minimum atomic E-state index is -0.0161. The van der Waals surface area contributed by atoms with Gasteiger partial charge in [-0.3, -0.25) is 9.67 Å². The fraction of sp³-hybridized carbons (Fsp3) is 0.200. The first kappa shape index (κ1) is 15.9. The summed E-state index contributed by atoms with van der Waals surface area (Å²) in [6.07, 6.45) is 1.68. The highest BCUT2D eigenvalue weighted by Crippen LogP contribution is 2.29. The zero-order valence-electron chi connectivity index (χ0n) is 14.7. The maximum absolute atomic E-state index is 6.02. The molecule has 0 saturated carbocycles. The number of rotatable bonds is 3. The molecule has 1 aliphatic rings. The van der Waals surface area contributed by atoms with Crippen molar-refractivity contribution in [3.05, 3.63) is 71.5 Å². The van der Waals surface area contributed by atoms with Gasteiger partial charge in [0.05, 0.1) is 18.8 Å². The van der Waals surface area contributed by atoms with E-state index >= 15 is 0 Å². The van der Waals surface area contributed by atoms with E-state index < -0.39 is 0 Å². The van der Waals surface area contributed by atoms with Crippen LogP contribution in [-0.2, 0) is 17.9 Å². The van der Waals surface area contributed by atoms with Crippen molar-refractivity contribution in [2.75, 3.05) is 0 Å². The lowest BCUT2D eigenvalue weighted by Gasteiger charge is -2.24. The summed E-state index contributed by atoms with van der Waals surface area (Å²) >= 11 is 0. The summed E-state index contributed by atoms with van der Waals surface area (Å²) < 4.78 is 13.4. The van der Waals surface area contributed by atoms with Crippen LogP contribution in [0.4, 0.5) is 0 Å². The van der Waals surface area contributed by atoms with E-state index in [0.717, 1.165) is 11.3 Å². The van der Waals surface area contributed by atoms with Crippen molar-refractivity contribution < 1.29 is 9.26 Å². The summed E-state index contributed by atoms with van der Waals surface area (Å²) in [5.41, 5.74) is 4.69. The number of nitrogens with zero attached hydrogens (tertiary/aromatic N) is 5. The molecule has 0 N–H and O–H groups in total. The SMILES string of the molecule is Cc1ccc([C@@H]2Cn3nc(-c4nc(-c5ccccn5)no4)cc3CO2)cc1. The first-order valence-corrected chi connectivity index (χ1v) is 8.77. The van der Waals surface area contributed by atoms with Gasteiger partial charge in [0, 0.05) is 6.20 Å². The van der Waals surface area contributed by atoms with Crippen LogP contribution >= 0.6 is 0 Å². The smallest absolute Gasteiger partial charge is 0.278 e. The molecule has 0 aliphatic carbocycles. The zero-order chi connectivity index (χ0) is 18.2. The lowest BCUT2D eigenvalue weighted by atomic mass is 10.1. The Morgan fingerprint density at radius 2 is 1.96 bits per heavy atom. The van der Waals surface area contributed by atoms with Gasteiger partial charge in [-0.05, 0) is 30.7 Å². The second-order valence-corrected chi connectivity index (χ2v) is 6.55. The molecule has 0 saturated heterocycles. The number of aromatic nitrogens is 5. The standard InChI is InChI=1S/C20H17N5O2/c1-13-5-7-14(8-6-13)18-11-25-15(12-26-18)10-17(23-25)20-22-19(24-27-20)16-4-2-3-9-21-16/h2-10,18H,11-12H2,1H3/t18-/m0/s1. The Labute approximate surface area is 155 Å². The summed E-state index contributed by atoms with van der Waals surface area (Å²) in [6.45, 7) is 3.22. The predicted octanol–water partition coefficient (Wildman–Crippen LogP) is 3.58. The molecule has 0 spiro atoms. The molecule has 1 atom stereocenters. The van der Waals surface area contributed by atoms with Crippen LogP contribution in [-0.4, -0.2) is 24.9 Å². The van der Waals surface area contributed by atoms with Crippen LogP contribution in [0.1, 0.15) is 22.9 Å². The van der Waals surface area contributed by atoms with Gasteiger partial charge in [0.15, 0.2) is 5.69 Å². The molecular weight excluding hydrogens is 342 g/mol. The Morgan fingerprint density at radius 1 is 1.07 bits per heavy atom. The van der Waals surface area contributed by atoms with E-state index in [9.17, 15) is 0 Å². The van der Waals surface area contributed by atoms with Gasteiger partial charge in [0.1, 0.15) is 11.8 Å². The molecule has 4 heterocycles. The molecule has 0 amide bonds. The average molecular weight is 359 g/mol. The lowest BCUT2D eigenvalue weighted by molar-refractivity contribution is -0.00113. The Bertz CT molecular complexity index is 1070. The third-order valence-corrected chi connectivity index (χ3v) is 4.62. The van der Waals surface area contributed by atoms with Gasteiger partial charge in [-0.25, -0.2) is 0 Å². The van der Waals surface area contributed by atoms with E-state index in [1.807, 2.05) is 28.9 Å². The minimum absolute atomic E-state index is 0.0161. The Hall–Kier alpha value is -3.32. The Balaban J connectivity index is 1.40. The van der Waals surface area contributed by atoms with E-state index in [2.05, 4.69) is 51.4 Å². The maximum Gasteiger partial charge on any atom is 0.278 e. The maximum atomic E-state index is 6.02. The molecule has 5 rings (SSSR count). The molecule has 3 aromatic heterocycles. The van der Waals surface area contributed by atoms with Gasteiger partial charge in [-0.2, -0.15) is 10.1 Å². The van der Waals surface area contributed by atoms with Crippen molar-refractivity contribution in [1.82, 2.24) is 24.9 Å². The molecule has 27 heavy (non-hydrogen) atoms. The molecule has 134 valence electrons. The topological polar surface area (TPSA) is 78.9 Å². The average Bonchev–Trinajstić information content (AvgIpc) is 3.36. The molecule has 0 unspecified atom stereocenters. The van der Waals surface area contributed by atoms with Crippen LogP contribution in [0, 0.1) is 6.92 Å². The number of fused-ring (bicyclic) bond motifs is 1. The lowest BCUT2D eigenvalue weighted by Crippen LogP contribution is -2.21. The van der Waals surface area contributed by atoms with E-state index in [4.69, 9.17) is 9.26 Å². The van der Waals surface area contributed by atoms with Gasteiger partial charge in [-0.15, -0.1) is 0 Å². The van der Waals surface area contributed by atoms with Crippen LogP contribution in [0.3, 0.4) is 0 Å². The zero-order valence-corrected chi connectivity index (χ0v) is 14.7. The van der Waals surface area contributed by atoms with Gasteiger partial charge in [0.2, 0.25) is 5.82 Å². The monoisotopic (exact) mass is 359 g/mol. The largest absolute Gasteiger partial charge is 0.365 e. The molecule has 0 fully saturated rings. The van der Waals surface area contributed by atoms with Gasteiger partial charge < -0.3 is 9.26 Å². The van der Waals surface area contributed by atoms with Crippen molar-refractivity contribution in [3.63, 3.8) is 0 Å². The summed E-state index contributed by atoms with van der Waals surface area (Å²) in [5, 5.41) is 8.65. The normalized spacial score (nSPS) is 16.3. The predicted molar refractivity (Wildman–Crippen MR) is 97.5 cm³/mol. The van der Waals surface area contributed by atoms with Crippen LogP contribution in [0.5, 0.6) is 0 Å². The van der Waals surface area contributed by atoms with E-state index in [0.29, 0.717) is 36.3 Å². The number of hydrogen-bond donors (Lipinski definition) is 0. The highest BCUT2D eigenvalue weighted by molar-refractivity contribution is 5.54. The molecule has 7 nitrogen and oxygen atoms in total. The highest BCUT2D eigenvalue weighted by Gasteiger charge is 2.24. The van der Waals surface area contributed by atoms with Crippen LogP contribution in [0.25, 0.3) is 23.1 Å². The fourth-order valence-corrected chi connectivity index (χ4v) is 3.14. The van der Waals surface area contributed by atoms with Crippen LogP contribution in [0.2, 0.25) is 0 Å². The first-order chi connectivity index (χ1) is 13.3. The molecule has 0 radical (unpaired) electrons. The number of benzene rings is 1. The van der Waals surface area contributed by atoms with Crippen molar-refractivity contribution in [2.45, 2.75) is 26.2 Å². The summed E-state index contributed by atoms with van der Waals surface area (Å²) in [4.78, 5) is 8.66. The molecule has 4 aromatic rings. The second-order valence-electron chi connectivity index (χ2n) is 6.55. The van der Waals surface area contributed by atoms with Crippen LogP contribution in [0.15, 0.2) is 59.3 Å². The first-order valence-electron chi connectivity index (χ1n) is 8.77. The van der Waals surface area contributed by atoms with Crippen LogP contribution < -0.4 is 0 Å². The Kier molecular flexibility index (Phi) is 3.79. The van der Waals surface area contributed by atoms with Gasteiger partial charge in [0.25, 0.3) is 5.89 Å². The number of ether oxygens (including phenoxy) is 1. The van der Waals surface area contributed by atoms with Gasteiger partial charge >= 0.3 is 0 Å². The highest BCUT2D eigenvalue weighted by atomic mass is 16.5. The number of hydrogen-bond acceptors (Lipinski definition) is 6. The Morgan fingerprint density at radius 3 is 2.78 bits per heavy atom. The number of aryl methyl sites for hydroxylation is 1. The van der Waals surface area contributed by atoms with Crippen molar-refractivity contribution >= 4 is 0 Å². The van der Waals surface area contributed by atoms with E-state index in [1.54, 1.807) is 6.20 Å². The van der Waals surface area contributed by atoms with Crippen molar-refractivity contribution in [2.24, 2.45) is 0 Å². The molecule has 1 aromatic carbocycles. The third kappa shape index (κ3) is 3.02. The fourth-order valence-electron chi connectivity index (χ4n) is 3.14. The molecular formula is C20H17N5O2. The summed E-state index contributed by atoms with van der Waals surface area (Å²) in [6, 6.07) is 15.9. The van der Waals surface area contributed by atoms with Gasteiger partial charge in [-0.1, -0.05) is 41.1 Å². The summed E-state index contributed by atoms with van der Waals surface area (Å²) in [5.74, 6) is 0.829. The minimum Gasteiger partial charge on any atom is -0.365 e. The molecule has 0 bridgehead atoms. The molecule has 7 heteroatoms. The third-order valence-electron chi connectivity index (χ3n) is 4.62. The van der Waals surface area contributed by atoms with Crippen molar-refractivity contribution in [1.29, 1.82) is 0 Å².